The largest absolute Gasteiger partial charge is 0.366 e. The summed E-state index contributed by atoms with van der Waals surface area (Å²) in [4.78, 5) is 19.4. The van der Waals surface area contributed by atoms with Crippen molar-refractivity contribution in [3.8, 4) is 5.82 Å². The first-order valence-corrected chi connectivity index (χ1v) is 6.42. The molecule has 0 fully saturated rings. The van der Waals surface area contributed by atoms with E-state index in [2.05, 4.69) is 9.97 Å². The van der Waals surface area contributed by atoms with Gasteiger partial charge in [0.1, 0.15) is 5.02 Å². The summed E-state index contributed by atoms with van der Waals surface area (Å²) in [5.41, 5.74) is 6.55. The number of para-hydroxylation sites is 1. The van der Waals surface area contributed by atoms with Crippen LogP contribution in [0, 0.1) is 0 Å². The predicted molar refractivity (Wildman–Crippen MR) is 77.4 cm³/mol. The number of hydrogen-bond donors (Lipinski definition) is 1. The van der Waals surface area contributed by atoms with Gasteiger partial charge in [0.15, 0.2) is 5.82 Å². The Balaban J connectivity index is 2.37. The van der Waals surface area contributed by atoms with E-state index in [-0.39, 0.29) is 5.28 Å². The fourth-order valence-electron chi connectivity index (χ4n) is 2.06. The van der Waals surface area contributed by atoms with Crippen LogP contribution in [0.2, 0.25) is 10.3 Å². The molecule has 0 bridgehead atoms. The molecule has 0 saturated heterocycles. The summed E-state index contributed by atoms with van der Waals surface area (Å²) in [6.45, 7) is 0. The van der Waals surface area contributed by atoms with Gasteiger partial charge in [-0.15, -0.1) is 0 Å². The molecule has 100 valence electrons. The highest BCUT2D eigenvalue weighted by atomic mass is 35.5. The maximum Gasteiger partial charge on any atom is 0.250 e. The number of hydrogen-bond acceptors (Lipinski definition) is 3. The molecule has 2 heterocycles. The highest BCUT2D eigenvalue weighted by Crippen LogP contribution is 2.27. The van der Waals surface area contributed by atoms with E-state index >= 15 is 0 Å². The molecule has 3 aromatic rings. The molecular formula is C13H8Cl2N4O. The fraction of sp³-hybridized carbons (Fsp3) is 0. The molecule has 20 heavy (non-hydrogen) atoms. The van der Waals surface area contributed by atoms with Crippen molar-refractivity contribution in [2.24, 2.45) is 5.73 Å². The van der Waals surface area contributed by atoms with E-state index in [0.29, 0.717) is 16.4 Å². The van der Waals surface area contributed by atoms with Crippen LogP contribution < -0.4 is 5.73 Å². The number of nitrogens with zero attached hydrogens (tertiary/aromatic N) is 3. The Morgan fingerprint density at radius 3 is 2.75 bits per heavy atom. The molecule has 7 heteroatoms. The smallest absolute Gasteiger partial charge is 0.250 e. The van der Waals surface area contributed by atoms with Gasteiger partial charge in [0.2, 0.25) is 5.28 Å². The first-order chi connectivity index (χ1) is 9.58. The molecule has 0 spiro atoms. The standard InChI is InChI=1S/C13H8Cl2N4O/c14-9-5-17-13(15)18-12(9)19-6-8(11(16)20)7-3-1-2-4-10(7)19/h1-6H,(H2,16,20). The number of carbonyl (C=O) groups excluding carboxylic acids is 1. The van der Waals surface area contributed by atoms with Gasteiger partial charge in [-0.2, -0.15) is 4.98 Å². The Morgan fingerprint density at radius 1 is 1.25 bits per heavy atom. The maximum atomic E-state index is 11.5. The van der Waals surface area contributed by atoms with Crippen molar-refractivity contribution in [3.05, 3.63) is 52.5 Å². The number of amides is 1. The van der Waals surface area contributed by atoms with Gasteiger partial charge in [-0.1, -0.05) is 29.8 Å². The highest BCUT2D eigenvalue weighted by molar-refractivity contribution is 6.33. The molecule has 0 radical (unpaired) electrons. The van der Waals surface area contributed by atoms with Gasteiger partial charge < -0.3 is 5.73 Å². The lowest BCUT2D eigenvalue weighted by Gasteiger charge is -2.06. The Bertz CT molecular complexity index is 828. The summed E-state index contributed by atoms with van der Waals surface area (Å²) in [5, 5.41) is 1.12. The highest BCUT2D eigenvalue weighted by Gasteiger charge is 2.16. The third kappa shape index (κ3) is 2.01. The number of primary amides is 1. The van der Waals surface area contributed by atoms with Crippen LogP contribution in [-0.2, 0) is 0 Å². The van der Waals surface area contributed by atoms with Crippen molar-refractivity contribution in [2.45, 2.75) is 0 Å². The second kappa shape index (κ2) is 4.77. The topological polar surface area (TPSA) is 73.8 Å². The molecule has 0 unspecified atom stereocenters. The Morgan fingerprint density at radius 2 is 2.00 bits per heavy atom. The quantitative estimate of drug-likeness (QED) is 0.740. The van der Waals surface area contributed by atoms with Gasteiger partial charge in [0.25, 0.3) is 5.91 Å². The summed E-state index contributed by atoms with van der Waals surface area (Å²) < 4.78 is 1.67. The molecule has 1 amide bonds. The minimum atomic E-state index is -0.517. The van der Waals surface area contributed by atoms with Crippen molar-refractivity contribution in [2.75, 3.05) is 0 Å². The Hall–Kier alpha value is -2.11. The maximum absolute atomic E-state index is 11.5. The Kier molecular flexibility index (Phi) is 3.08. The fourth-order valence-corrected chi connectivity index (χ4v) is 2.37. The van der Waals surface area contributed by atoms with Crippen molar-refractivity contribution in [1.29, 1.82) is 0 Å². The van der Waals surface area contributed by atoms with Crippen molar-refractivity contribution < 1.29 is 4.79 Å². The Labute approximate surface area is 124 Å². The number of nitrogens with two attached hydrogens (primary N) is 1. The van der Waals surface area contributed by atoms with Gasteiger partial charge in [-0.05, 0) is 17.7 Å². The minimum Gasteiger partial charge on any atom is -0.366 e. The van der Waals surface area contributed by atoms with E-state index in [4.69, 9.17) is 28.9 Å². The van der Waals surface area contributed by atoms with E-state index < -0.39 is 5.91 Å². The number of aromatic nitrogens is 3. The first kappa shape index (κ1) is 12.9. The third-order valence-corrected chi connectivity index (χ3v) is 3.35. The summed E-state index contributed by atoms with van der Waals surface area (Å²) in [6, 6.07) is 7.32. The van der Waals surface area contributed by atoms with Gasteiger partial charge in [0.05, 0.1) is 17.3 Å². The van der Waals surface area contributed by atoms with E-state index in [9.17, 15) is 4.79 Å². The van der Waals surface area contributed by atoms with Gasteiger partial charge in [-0.25, -0.2) is 4.98 Å². The lowest BCUT2D eigenvalue weighted by Crippen LogP contribution is -2.10. The van der Waals surface area contributed by atoms with Crippen LogP contribution in [-0.4, -0.2) is 20.4 Å². The molecule has 2 N–H and O–H groups in total. The summed E-state index contributed by atoms with van der Waals surface area (Å²) in [7, 11) is 0. The zero-order chi connectivity index (χ0) is 14.3. The normalized spacial score (nSPS) is 10.9. The van der Waals surface area contributed by atoms with E-state index in [1.807, 2.05) is 24.3 Å². The van der Waals surface area contributed by atoms with Gasteiger partial charge >= 0.3 is 0 Å². The zero-order valence-electron chi connectivity index (χ0n) is 10.0. The van der Waals surface area contributed by atoms with Crippen LogP contribution in [0.5, 0.6) is 0 Å². The van der Waals surface area contributed by atoms with Crippen molar-refractivity contribution in [3.63, 3.8) is 0 Å². The number of fused-ring (bicyclic) bond motifs is 1. The van der Waals surface area contributed by atoms with Crippen molar-refractivity contribution >= 4 is 40.0 Å². The molecule has 2 aromatic heterocycles. The summed E-state index contributed by atoms with van der Waals surface area (Å²) in [6.07, 6.45) is 3.00. The molecule has 0 aliphatic heterocycles. The van der Waals surface area contributed by atoms with Crippen LogP contribution >= 0.6 is 23.2 Å². The predicted octanol–water partition coefficient (Wildman–Crippen LogP) is 2.83. The molecule has 0 aliphatic carbocycles. The third-order valence-electron chi connectivity index (χ3n) is 2.90. The lowest BCUT2D eigenvalue weighted by atomic mass is 10.2. The van der Waals surface area contributed by atoms with Gasteiger partial charge in [0, 0.05) is 11.6 Å². The molecule has 0 aliphatic rings. The summed E-state index contributed by atoms with van der Waals surface area (Å²) >= 11 is 11.9. The van der Waals surface area contributed by atoms with Crippen molar-refractivity contribution in [1.82, 2.24) is 14.5 Å². The second-order valence-electron chi connectivity index (χ2n) is 4.10. The molecule has 5 nitrogen and oxygen atoms in total. The number of benzene rings is 1. The SMILES string of the molecule is NC(=O)c1cn(-c2nc(Cl)ncc2Cl)c2ccccc12. The van der Waals surface area contributed by atoms with E-state index in [1.165, 1.54) is 6.20 Å². The van der Waals surface area contributed by atoms with E-state index in [0.717, 1.165) is 10.9 Å². The molecule has 1 aromatic carbocycles. The van der Waals surface area contributed by atoms with E-state index in [1.54, 1.807) is 10.8 Å². The van der Waals surface area contributed by atoms with Crippen LogP contribution in [0.15, 0.2) is 36.7 Å². The number of halogens is 2. The average molecular weight is 307 g/mol. The summed E-state index contributed by atoms with van der Waals surface area (Å²) in [5.74, 6) is -0.119. The molecule has 0 atom stereocenters. The zero-order valence-corrected chi connectivity index (χ0v) is 11.6. The molecule has 3 rings (SSSR count). The second-order valence-corrected chi connectivity index (χ2v) is 4.85. The minimum absolute atomic E-state index is 0.0720. The van der Waals surface area contributed by atoms with Crippen LogP contribution in [0.3, 0.4) is 0 Å². The molecule has 0 saturated carbocycles. The number of carbonyl (C=O) groups is 1. The monoisotopic (exact) mass is 306 g/mol. The average Bonchev–Trinajstić information content (AvgIpc) is 2.81. The van der Waals surface area contributed by atoms with Gasteiger partial charge in [-0.3, -0.25) is 9.36 Å². The van der Waals surface area contributed by atoms with Crippen LogP contribution in [0.1, 0.15) is 10.4 Å². The molecular weight excluding hydrogens is 299 g/mol. The van der Waals surface area contributed by atoms with Crippen LogP contribution in [0.25, 0.3) is 16.7 Å². The lowest BCUT2D eigenvalue weighted by molar-refractivity contribution is 0.100. The number of rotatable bonds is 2. The first-order valence-electron chi connectivity index (χ1n) is 5.66. The van der Waals surface area contributed by atoms with Crippen LogP contribution in [0.4, 0.5) is 0 Å².